The number of esters is 1. The van der Waals surface area contributed by atoms with E-state index in [0.29, 0.717) is 34.6 Å². The van der Waals surface area contributed by atoms with Crippen LogP contribution in [0.4, 0.5) is 13.2 Å². The smallest absolute Gasteiger partial charge is 0.435 e. The lowest BCUT2D eigenvalue weighted by atomic mass is 9.98. The number of carboxylic acid groups (broad SMARTS) is 1. The molecule has 1 amide bonds. The Morgan fingerprint density at radius 1 is 1.31 bits per heavy atom. The van der Waals surface area contributed by atoms with Crippen LogP contribution >= 0.6 is 0 Å². The van der Waals surface area contributed by atoms with Crippen molar-refractivity contribution in [2.75, 3.05) is 6.61 Å². The number of benzene rings is 1. The molecule has 2 aromatic heterocycles. The molecule has 1 unspecified atom stereocenters. The number of hydrogen-bond acceptors (Lipinski definition) is 6. The highest BCUT2D eigenvalue weighted by Gasteiger charge is 2.35. The van der Waals surface area contributed by atoms with Crippen LogP contribution in [0.15, 0.2) is 36.9 Å². The number of aromatic carboxylic acids is 1. The van der Waals surface area contributed by atoms with Crippen LogP contribution in [0.5, 0.6) is 0 Å². The Morgan fingerprint density at radius 2 is 2.06 bits per heavy atom. The van der Waals surface area contributed by atoms with Gasteiger partial charge in [0, 0.05) is 12.1 Å². The number of aromatic nitrogens is 3. The van der Waals surface area contributed by atoms with E-state index in [9.17, 15) is 32.7 Å². The van der Waals surface area contributed by atoms with Crippen molar-refractivity contribution in [3.63, 3.8) is 0 Å². The van der Waals surface area contributed by atoms with Crippen molar-refractivity contribution in [3.05, 3.63) is 76.3 Å². The molecule has 2 heterocycles. The molecule has 0 aliphatic heterocycles. The number of carbonyl (C=O) groups excluding carboxylic acids is 2. The van der Waals surface area contributed by atoms with Gasteiger partial charge in [0.05, 0.1) is 11.6 Å². The SMILES string of the molecule is C=CCOC(=O)c1ccc2c(c1C)CCC2NC(=O)c1cc(C(=O)O)nc2cc(C(F)(F)F)nn12. The largest absolute Gasteiger partial charge is 0.477 e. The third-order valence-electron chi connectivity index (χ3n) is 5.72. The van der Waals surface area contributed by atoms with E-state index in [2.05, 4.69) is 22.0 Å². The average molecular weight is 488 g/mol. The van der Waals surface area contributed by atoms with Crippen molar-refractivity contribution in [1.29, 1.82) is 0 Å². The van der Waals surface area contributed by atoms with E-state index < -0.39 is 52.8 Å². The van der Waals surface area contributed by atoms with Crippen LogP contribution in [0, 0.1) is 6.92 Å². The molecule has 0 bridgehead atoms. The summed E-state index contributed by atoms with van der Waals surface area (Å²) in [7, 11) is 0. The van der Waals surface area contributed by atoms with Crippen LogP contribution in [0.25, 0.3) is 5.65 Å². The van der Waals surface area contributed by atoms with Gasteiger partial charge in [0.1, 0.15) is 12.3 Å². The second kappa shape index (κ2) is 8.85. The average Bonchev–Trinajstić information content (AvgIpc) is 3.41. The van der Waals surface area contributed by atoms with Crippen molar-refractivity contribution in [3.8, 4) is 0 Å². The molecule has 1 atom stereocenters. The van der Waals surface area contributed by atoms with Gasteiger partial charge in [-0.3, -0.25) is 4.79 Å². The molecule has 9 nitrogen and oxygen atoms in total. The number of nitrogens with one attached hydrogen (secondary N) is 1. The number of ether oxygens (including phenoxy) is 1. The Hall–Kier alpha value is -4.22. The molecule has 182 valence electrons. The molecular weight excluding hydrogens is 469 g/mol. The lowest BCUT2D eigenvalue weighted by Gasteiger charge is -2.16. The molecule has 4 rings (SSSR count). The zero-order chi connectivity index (χ0) is 25.5. The second-order valence-corrected chi connectivity index (χ2v) is 7.89. The number of fused-ring (bicyclic) bond motifs is 2. The summed E-state index contributed by atoms with van der Waals surface area (Å²) in [6.45, 7) is 5.33. The summed E-state index contributed by atoms with van der Waals surface area (Å²) in [6.07, 6.45) is -2.34. The van der Waals surface area contributed by atoms with E-state index in [4.69, 9.17) is 4.74 Å². The first-order valence-corrected chi connectivity index (χ1v) is 10.4. The number of carboxylic acids is 1. The summed E-state index contributed by atoms with van der Waals surface area (Å²) in [5, 5.41) is 15.4. The summed E-state index contributed by atoms with van der Waals surface area (Å²) in [4.78, 5) is 40.4. The molecule has 0 fully saturated rings. The van der Waals surface area contributed by atoms with E-state index >= 15 is 0 Å². The molecule has 0 radical (unpaired) electrons. The number of amides is 1. The topological polar surface area (TPSA) is 123 Å². The van der Waals surface area contributed by atoms with Crippen molar-refractivity contribution < 1.29 is 37.4 Å². The Morgan fingerprint density at radius 3 is 2.71 bits per heavy atom. The van der Waals surface area contributed by atoms with E-state index in [1.807, 2.05) is 0 Å². The number of alkyl halides is 3. The minimum absolute atomic E-state index is 0.0657. The van der Waals surface area contributed by atoms with Gasteiger partial charge < -0.3 is 15.2 Å². The van der Waals surface area contributed by atoms with Gasteiger partial charge in [-0.25, -0.2) is 19.1 Å². The number of rotatable bonds is 6. The molecule has 1 aliphatic rings. The Balaban J connectivity index is 1.66. The molecular formula is C23H19F3N4O5. The zero-order valence-corrected chi connectivity index (χ0v) is 18.3. The first-order chi connectivity index (χ1) is 16.5. The van der Waals surface area contributed by atoms with E-state index in [-0.39, 0.29) is 6.61 Å². The van der Waals surface area contributed by atoms with Crippen LogP contribution < -0.4 is 5.32 Å². The van der Waals surface area contributed by atoms with Gasteiger partial charge in [-0.05, 0) is 42.5 Å². The molecule has 1 aromatic carbocycles. The van der Waals surface area contributed by atoms with E-state index in [1.54, 1.807) is 19.1 Å². The third kappa shape index (κ3) is 4.46. The maximum atomic E-state index is 13.1. The monoisotopic (exact) mass is 488 g/mol. The highest BCUT2D eigenvalue weighted by molar-refractivity contribution is 5.96. The van der Waals surface area contributed by atoms with Crippen LogP contribution in [-0.4, -0.2) is 44.2 Å². The van der Waals surface area contributed by atoms with Crippen LogP contribution in [0.1, 0.15) is 66.2 Å². The van der Waals surface area contributed by atoms with Gasteiger partial charge >= 0.3 is 18.1 Å². The molecule has 0 spiro atoms. The third-order valence-corrected chi connectivity index (χ3v) is 5.72. The fourth-order valence-electron chi connectivity index (χ4n) is 4.08. The standard InChI is InChI=1S/C23H19F3N4O5/c1-3-8-35-22(34)13-4-5-14-12(11(13)2)6-7-15(14)28-20(31)17-9-16(21(32)33)27-19-10-18(23(24,25)26)29-30(17)19/h3-5,9-10,15H,1,6-8H2,2H3,(H,28,31)(H,32,33). The van der Waals surface area contributed by atoms with Gasteiger partial charge in [0.25, 0.3) is 5.91 Å². The molecule has 3 aromatic rings. The number of nitrogens with zero attached hydrogens (tertiary/aromatic N) is 3. The van der Waals surface area contributed by atoms with Gasteiger partial charge in [0.15, 0.2) is 17.0 Å². The maximum absolute atomic E-state index is 13.1. The number of hydrogen-bond donors (Lipinski definition) is 2. The Bertz CT molecular complexity index is 1380. The van der Waals surface area contributed by atoms with Gasteiger partial charge in [-0.15, -0.1) is 0 Å². The van der Waals surface area contributed by atoms with Gasteiger partial charge in [0.2, 0.25) is 0 Å². The normalized spacial score (nSPS) is 15.0. The minimum Gasteiger partial charge on any atom is -0.477 e. The maximum Gasteiger partial charge on any atom is 0.435 e. The highest BCUT2D eigenvalue weighted by atomic mass is 19.4. The van der Waals surface area contributed by atoms with Crippen LogP contribution in [0.3, 0.4) is 0 Å². The van der Waals surface area contributed by atoms with Gasteiger partial charge in [-0.1, -0.05) is 18.7 Å². The minimum atomic E-state index is -4.81. The van der Waals surface area contributed by atoms with Crippen molar-refractivity contribution in [1.82, 2.24) is 19.9 Å². The summed E-state index contributed by atoms with van der Waals surface area (Å²) in [6, 6.07) is 4.21. The summed E-state index contributed by atoms with van der Waals surface area (Å²) in [5.74, 6) is -2.83. The van der Waals surface area contributed by atoms with E-state index in [0.717, 1.165) is 17.2 Å². The van der Waals surface area contributed by atoms with Crippen LogP contribution in [0.2, 0.25) is 0 Å². The summed E-state index contributed by atoms with van der Waals surface area (Å²) in [5.41, 5.74) is -0.0408. The summed E-state index contributed by atoms with van der Waals surface area (Å²) >= 11 is 0. The molecule has 35 heavy (non-hydrogen) atoms. The zero-order valence-electron chi connectivity index (χ0n) is 18.3. The lowest BCUT2D eigenvalue weighted by molar-refractivity contribution is -0.141. The second-order valence-electron chi connectivity index (χ2n) is 7.89. The first-order valence-electron chi connectivity index (χ1n) is 10.4. The highest BCUT2D eigenvalue weighted by Crippen LogP contribution is 2.35. The van der Waals surface area contributed by atoms with E-state index in [1.165, 1.54) is 6.08 Å². The Labute approximate surface area is 196 Å². The van der Waals surface area contributed by atoms with Crippen molar-refractivity contribution in [2.24, 2.45) is 0 Å². The fourth-order valence-corrected chi connectivity index (χ4v) is 4.08. The molecule has 0 saturated heterocycles. The number of halogens is 3. The quantitative estimate of drug-likeness (QED) is 0.402. The predicted octanol–water partition coefficient (Wildman–Crippen LogP) is 3.51. The fraction of sp³-hybridized carbons (Fsp3) is 0.261. The molecule has 0 saturated carbocycles. The summed E-state index contributed by atoms with van der Waals surface area (Å²) < 4.78 is 45.2. The lowest BCUT2D eigenvalue weighted by Crippen LogP contribution is -2.29. The Kier molecular flexibility index (Phi) is 6.05. The van der Waals surface area contributed by atoms with Crippen LogP contribution in [-0.2, 0) is 17.3 Å². The molecule has 2 N–H and O–H groups in total. The molecule has 12 heteroatoms. The molecule has 1 aliphatic carbocycles. The predicted molar refractivity (Wildman–Crippen MR) is 115 cm³/mol. The van der Waals surface area contributed by atoms with Crippen molar-refractivity contribution >= 4 is 23.5 Å². The van der Waals surface area contributed by atoms with Crippen molar-refractivity contribution in [2.45, 2.75) is 32.0 Å². The first kappa shape index (κ1) is 23.9. The van der Waals surface area contributed by atoms with Gasteiger partial charge in [-0.2, -0.15) is 18.3 Å². The number of carbonyl (C=O) groups is 3.